The molecule has 0 spiro atoms. The number of halogens is 1. The first-order valence-electron chi connectivity index (χ1n) is 12.2. The van der Waals surface area contributed by atoms with Gasteiger partial charge in [0.1, 0.15) is 19.0 Å². The van der Waals surface area contributed by atoms with E-state index in [-0.39, 0.29) is 30.9 Å². The number of ether oxygens (including phenoxy) is 3. The van der Waals surface area contributed by atoms with E-state index in [9.17, 15) is 9.59 Å². The molecule has 0 bridgehead atoms. The van der Waals surface area contributed by atoms with E-state index in [4.69, 9.17) is 14.2 Å². The van der Waals surface area contributed by atoms with Gasteiger partial charge in [-0.15, -0.1) is 0 Å². The molecular formula is C29H29BrN2O5S. The second kappa shape index (κ2) is 12.5. The average molecular weight is 598 g/mol. The Bertz CT molecular complexity index is 1360. The predicted octanol–water partition coefficient (Wildman–Crippen LogP) is 6.98. The van der Waals surface area contributed by atoms with Gasteiger partial charge in [0.05, 0.1) is 28.7 Å². The van der Waals surface area contributed by atoms with Crippen molar-refractivity contribution in [2.24, 2.45) is 0 Å². The Balaban J connectivity index is 1.44. The molecule has 1 aliphatic rings. The maximum atomic E-state index is 13.0. The lowest BCUT2D eigenvalue weighted by molar-refractivity contribution is -0.123. The van der Waals surface area contributed by atoms with E-state index >= 15 is 0 Å². The maximum absolute atomic E-state index is 13.0. The van der Waals surface area contributed by atoms with Gasteiger partial charge in [0, 0.05) is 6.20 Å². The number of benzene rings is 2. The molecule has 2 heterocycles. The molecule has 7 nitrogen and oxygen atoms in total. The molecule has 0 radical (unpaired) electrons. The Kier molecular flexibility index (Phi) is 9.12. The van der Waals surface area contributed by atoms with E-state index in [2.05, 4.69) is 46.9 Å². The predicted molar refractivity (Wildman–Crippen MR) is 153 cm³/mol. The number of carbonyl (C=O) groups excluding carboxylic acids is 2. The highest BCUT2D eigenvalue weighted by molar-refractivity contribution is 9.10. The van der Waals surface area contributed by atoms with Crippen LogP contribution in [0, 0.1) is 6.92 Å². The molecule has 2 amide bonds. The number of aryl methyl sites for hydroxylation is 1. The van der Waals surface area contributed by atoms with Crippen LogP contribution < -0.4 is 14.2 Å². The minimum Gasteiger partial charge on any atom is -0.493 e. The summed E-state index contributed by atoms with van der Waals surface area (Å²) < 4.78 is 18.1. The number of hydrogen-bond acceptors (Lipinski definition) is 7. The lowest BCUT2D eigenvalue weighted by Gasteiger charge is -2.17. The summed E-state index contributed by atoms with van der Waals surface area (Å²) in [6.07, 6.45) is 3.39. The van der Waals surface area contributed by atoms with Crippen LogP contribution in [0.2, 0.25) is 0 Å². The van der Waals surface area contributed by atoms with E-state index in [1.54, 1.807) is 25.4 Å². The number of rotatable bonds is 10. The number of carbonyl (C=O) groups is 2. The van der Waals surface area contributed by atoms with Gasteiger partial charge >= 0.3 is 0 Å². The van der Waals surface area contributed by atoms with Gasteiger partial charge in [-0.3, -0.25) is 19.5 Å². The number of aromatic nitrogens is 1. The fraction of sp³-hybridized carbons (Fsp3) is 0.276. The van der Waals surface area contributed by atoms with Crippen LogP contribution >= 0.6 is 27.7 Å². The average Bonchev–Trinajstić information content (AvgIpc) is 3.15. The molecule has 1 aliphatic heterocycles. The molecule has 1 aromatic heterocycles. The Morgan fingerprint density at radius 1 is 1.08 bits per heavy atom. The van der Waals surface area contributed by atoms with Crippen molar-refractivity contribution in [3.05, 3.63) is 86.5 Å². The van der Waals surface area contributed by atoms with Crippen molar-refractivity contribution < 1.29 is 23.8 Å². The van der Waals surface area contributed by atoms with Crippen molar-refractivity contribution in [2.75, 3.05) is 20.3 Å². The molecule has 0 atom stereocenters. The molecule has 9 heteroatoms. The third-order valence-corrected chi connectivity index (χ3v) is 7.37. The third-order valence-electron chi connectivity index (χ3n) is 5.88. The van der Waals surface area contributed by atoms with Gasteiger partial charge in [0.2, 0.25) is 0 Å². The Morgan fingerprint density at radius 3 is 2.61 bits per heavy atom. The van der Waals surface area contributed by atoms with Crippen LogP contribution in [0.25, 0.3) is 6.08 Å². The lowest BCUT2D eigenvalue weighted by atomic mass is 10.0. The molecule has 3 aromatic rings. The topological polar surface area (TPSA) is 78.0 Å². The van der Waals surface area contributed by atoms with E-state index in [1.165, 1.54) is 4.90 Å². The molecule has 0 unspecified atom stereocenters. The number of pyridine rings is 1. The monoisotopic (exact) mass is 596 g/mol. The van der Waals surface area contributed by atoms with Gasteiger partial charge in [-0.2, -0.15) is 0 Å². The van der Waals surface area contributed by atoms with Crippen LogP contribution in [0.5, 0.6) is 17.2 Å². The molecule has 0 N–H and O–H groups in total. The van der Waals surface area contributed by atoms with Crippen LogP contribution in [0.4, 0.5) is 4.79 Å². The fourth-order valence-corrected chi connectivity index (χ4v) is 5.37. The highest BCUT2D eigenvalue weighted by Gasteiger charge is 2.35. The van der Waals surface area contributed by atoms with Gasteiger partial charge in [-0.25, -0.2) is 0 Å². The van der Waals surface area contributed by atoms with E-state index in [1.807, 2.05) is 37.3 Å². The first-order valence-corrected chi connectivity index (χ1v) is 13.8. The molecule has 1 saturated heterocycles. The van der Waals surface area contributed by atoms with Crippen LogP contribution in [0.3, 0.4) is 0 Å². The molecule has 0 aliphatic carbocycles. The van der Waals surface area contributed by atoms with E-state index in [0.29, 0.717) is 32.4 Å². The van der Waals surface area contributed by atoms with Gasteiger partial charge < -0.3 is 14.2 Å². The molecule has 198 valence electrons. The van der Waals surface area contributed by atoms with Crippen LogP contribution in [0.15, 0.2) is 64.1 Å². The number of methoxy groups -OCH3 is 1. The van der Waals surface area contributed by atoms with Gasteiger partial charge in [0.25, 0.3) is 11.1 Å². The summed E-state index contributed by atoms with van der Waals surface area (Å²) >= 11 is 4.45. The summed E-state index contributed by atoms with van der Waals surface area (Å²) in [6.45, 7) is 6.87. The largest absolute Gasteiger partial charge is 0.493 e. The van der Waals surface area contributed by atoms with E-state index < -0.39 is 0 Å². The summed E-state index contributed by atoms with van der Waals surface area (Å²) in [5.74, 6) is 1.76. The molecule has 1 fully saturated rings. The summed E-state index contributed by atoms with van der Waals surface area (Å²) in [7, 11) is 1.55. The molecular weight excluding hydrogens is 568 g/mol. The highest BCUT2D eigenvalue weighted by atomic mass is 79.9. The molecule has 4 rings (SSSR count). The first kappa shape index (κ1) is 27.7. The zero-order valence-corrected chi connectivity index (χ0v) is 24.1. The van der Waals surface area contributed by atoms with Crippen molar-refractivity contribution in [3.63, 3.8) is 0 Å². The second-order valence-electron chi connectivity index (χ2n) is 9.02. The number of nitrogens with zero attached hydrogens (tertiary/aromatic N) is 2. The maximum Gasteiger partial charge on any atom is 0.293 e. The number of amides is 2. The van der Waals surface area contributed by atoms with Crippen LogP contribution in [-0.4, -0.2) is 41.3 Å². The van der Waals surface area contributed by atoms with E-state index in [0.717, 1.165) is 34.3 Å². The Morgan fingerprint density at radius 2 is 1.89 bits per heavy atom. The minimum atomic E-state index is -0.345. The lowest BCUT2D eigenvalue weighted by Crippen LogP contribution is -2.32. The van der Waals surface area contributed by atoms with Crippen LogP contribution in [0.1, 0.15) is 42.1 Å². The smallest absolute Gasteiger partial charge is 0.293 e. The van der Waals surface area contributed by atoms with Crippen molar-refractivity contribution in [2.45, 2.75) is 33.3 Å². The summed E-state index contributed by atoms with van der Waals surface area (Å²) in [5.41, 5.74) is 3.66. The summed E-state index contributed by atoms with van der Waals surface area (Å²) in [4.78, 5) is 31.5. The molecule has 38 heavy (non-hydrogen) atoms. The fourth-order valence-electron chi connectivity index (χ4n) is 3.93. The third kappa shape index (κ3) is 6.57. The summed E-state index contributed by atoms with van der Waals surface area (Å²) in [6, 6.07) is 15.3. The number of thioether (sulfide) groups is 1. The minimum absolute atomic E-state index is 0.167. The second-order valence-corrected chi connectivity index (χ2v) is 10.9. The van der Waals surface area contributed by atoms with Crippen LogP contribution in [-0.2, 0) is 11.4 Å². The Hall–Kier alpha value is -3.30. The molecule has 0 saturated carbocycles. The summed E-state index contributed by atoms with van der Waals surface area (Å²) in [5, 5.41) is -0.320. The molecule has 2 aromatic carbocycles. The van der Waals surface area contributed by atoms with Crippen molar-refractivity contribution in [1.82, 2.24) is 9.88 Å². The standard InChI is InChI=1S/C29H29BrN2O5S/c1-18(2)22-9-8-19(3)13-24(22)36-12-11-32-28(33)26(38-29(32)34)16-20-14-23(30)27(25(15-20)35-4)37-17-21-7-5-6-10-31-21/h5-10,13-16,18H,11-12,17H2,1-4H3/b26-16-. The quantitative estimate of drug-likeness (QED) is 0.234. The zero-order chi connectivity index (χ0) is 27.2. The normalized spacial score (nSPS) is 14.5. The number of hydrogen-bond donors (Lipinski definition) is 0. The van der Waals surface area contributed by atoms with Gasteiger partial charge in [-0.1, -0.05) is 32.0 Å². The SMILES string of the molecule is COc1cc(/C=C2\SC(=O)N(CCOc3cc(C)ccc3C(C)C)C2=O)cc(Br)c1OCc1ccccn1. The zero-order valence-electron chi connectivity index (χ0n) is 21.7. The van der Waals surface area contributed by atoms with Gasteiger partial charge in [-0.05, 0) is 93.6 Å². The van der Waals surface area contributed by atoms with Crippen molar-refractivity contribution in [3.8, 4) is 17.2 Å². The highest BCUT2D eigenvalue weighted by Crippen LogP contribution is 2.39. The number of imide groups is 1. The van der Waals surface area contributed by atoms with Gasteiger partial charge in [0.15, 0.2) is 11.5 Å². The van der Waals surface area contributed by atoms with Crippen molar-refractivity contribution in [1.29, 1.82) is 0 Å². The van der Waals surface area contributed by atoms with Crippen molar-refractivity contribution >= 4 is 44.9 Å². The Labute approximate surface area is 235 Å². The first-order chi connectivity index (χ1) is 18.3.